The van der Waals surface area contributed by atoms with Gasteiger partial charge in [0.2, 0.25) is 0 Å². The van der Waals surface area contributed by atoms with E-state index in [-0.39, 0.29) is 0 Å². The summed E-state index contributed by atoms with van der Waals surface area (Å²) in [5, 5.41) is 10.9. The molecule has 148 valence electrons. The smallest absolute Gasteiger partial charge is 0.190 e. The van der Waals surface area contributed by atoms with Crippen molar-refractivity contribution < 1.29 is 4.74 Å². The zero-order valence-corrected chi connectivity index (χ0v) is 17.3. The number of nitriles is 1. The predicted molar refractivity (Wildman–Crippen MR) is 119 cm³/mol. The van der Waals surface area contributed by atoms with Gasteiger partial charge in [-0.15, -0.1) is 0 Å². The number of ether oxygens (including phenoxy) is 1. The molecule has 4 heteroatoms. The van der Waals surface area contributed by atoms with Gasteiger partial charge >= 0.3 is 0 Å². The number of aryl methyl sites for hydroxylation is 1. The number of hydrogen-bond donors (Lipinski definition) is 0. The van der Waals surface area contributed by atoms with Crippen molar-refractivity contribution in [2.24, 2.45) is 10.4 Å². The molecule has 0 aromatic heterocycles. The van der Waals surface area contributed by atoms with Crippen molar-refractivity contribution in [3.05, 3.63) is 101 Å². The molecule has 30 heavy (non-hydrogen) atoms. The molecule has 0 spiro atoms. The van der Waals surface area contributed by atoms with E-state index >= 15 is 0 Å². The van der Waals surface area contributed by atoms with Crippen LogP contribution in [-0.4, -0.2) is 5.90 Å². The van der Waals surface area contributed by atoms with E-state index in [4.69, 9.17) is 21.3 Å². The van der Waals surface area contributed by atoms with Gasteiger partial charge in [0.25, 0.3) is 0 Å². The first-order chi connectivity index (χ1) is 14.7. The van der Waals surface area contributed by atoms with Gasteiger partial charge in [-0.1, -0.05) is 72.3 Å². The second-order valence-corrected chi connectivity index (χ2v) is 8.43. The number of benzene rings is 3. The minimum absolute atomic E-state index is 0.606. The van der Waals surface area contributed by atoms with Gasteiger partial charge in [0.05, 0.1) is 11.8 Å². The summed E-state index contributed by atoms with van der Waals surface area (Å²) in [4.78, 5) is 4.83. The predicted octanol–water partition coefficient (Wildman–Crippen LogP) is 6.58. The molecule has 0 radical (unpaired) electrons. The topological polar surface area (TPSA) is 45.4 Å². The summed E-state index contributed by atoms with van der Waals surface area (Å²) in [6.07, 6.45) is 3.10. The first kappa shape index (κ1) is 18.9. The molecule has 3 aromatic rings. The lowest BCUT2D eigenvalue weighted by molar-refractivity contribution is 0.0353. The molecular formula is C26H21ClN2O. The summed E-state index contributed by atoms with van der Waals surface area (Å²) >= 11 is 6.18. The van der Waals surface area contributed by atoms with Crippen LogP contribution in [0.2, 0.25) is 5.02 Å². The Kier molecular flexibility index (Phi) is 4.60. The maximum Gasteiger partial charge on any atom is 0.190 e. The molecule has 2 aliphatic rings. The zero-order chi connectivity index (χ0) is 20.6. The second-order valence-electron chi connectivity index (χ2n) is 7.99. The quantitative estimate of drug-likeness (QED) is 0.475. The van der Waals surface area contributed by atoms with Crippen molar-refractivity contribution in [2.45, 2.75) is 31.3 Å². The zero-order valence-electron chi connectivity index (χ0n) is 16.5. The minimum atomic E-state index is -0.878. The highest BCUT2D eigenvalue weighted by Gasteiger charge is 2.65. The van der Waals surface area contributed by atoms with E-state index in [1.807, 2.05) is 66.7 Å². The van der Waals surface area contributed by atoms with Crippen LogP contribution in [0.1, 0.15) is 36.0 Å². The molecule has 0 amide bonds. The van der Waals surface area contributed by atoms with Gasteiger partial charge in [0, 0.05) is 22.6 Å². The van der Waals surface area contributed by atoms with Crippen LogP contribution in [0.25, 0.3) is 0 Å². The molecule has 3 aromatic carbocycles. The fourth-order valence-corrected chi connectivity index (χ4v) is 4.58. The van der Waals surface area contributed by atoms with E-state index in [1.165, 1.54) is 5.56 Å². The average Bonchev–Trinajstić information content (AvgIpc) is 3.60. The van der Waals surface area contributed by atoms with Crippen molar-refractivity contribution >= 4 is 23.2 Å². The fraction of sp³-hybridized carbons (Fsp3) is 0.231. The molecule has 1 aliphatic heterocycles. The molecule has 1 saturated carbocycles. The normalized spacial score (nSPS) is 21.0. The number of aliphatic imine (C=N–C) groups is 1. The van der Waals surface area contributed by atoms with Crippen LogP contribution in [0.15, 0.2) is 83.9 Å². The van der Waals surface area contributed by atoms with Crippen molar-refractivity contribution in [1.82, 2.24) is 0 Å². The number of fused-ring (bicyclic) bond motifs is 1. The highest BCUT2D eigenvalue weighted by Crippen LogP contribution is 2.64. The molecule has 1 aliphatic carbocycles. The molecule has 0 saturated heterocycles. The highest BCUT2D eigenvalue weighted by molar-refractivity contribution is 6.30. The standard InChI is InChI=1S/C26H21ClN2O/c27-21-13-11-20(12-14-21)26(25(18-28)16-17-25)22-8-4-5-9-23(22)29-24(30-26)15-10-19-6-2-1-3-7-19/h1-9,11-14H,10,15-17H2. The molecule has 3 nitrogen and oxygen atoms in total. The first-order valence-corrected chi connectivity index (χ1v) is 10.6. The molecule has 1 atom stereocenters. The lowest BCUT2D eigenvalue weighted by Gasteiger charge is -2.42. The lowest BCUT2D eigenvalue weighted by Crippen LogP contribution is -2.44. The Morgan fingerprint density at radius 1 is 0.900 bits per heavy atom. The van der Waals surface area contributed by atoms with E-state index in [0.29, 0.717) is 17.3 Å². The van der Waals surface area contributed by atoms with Crippen LogP contribution in [0.3, 0.4) is 0 Å². The van der Waals surface area contributed by atoms with E-state index in [9.17, 15) is 5.26 Å². The van der Waals surface area contributed by atoms with Gasteiger partial charge in [0.15, 0.2) is 11.5 Å². The lowest BCUT2D eigenvalue weighted by atomic mass is 9.72. The van der Waals surface area contributed by atoms with Crippen LogP contribution in [0.5, 0.6) is 0 Å². The summed E-state index contributed by atoms with van der Waals surface area (Å²) < 4.78 is 6.75. The summed E-state index contributed by atoms with van der Waals surface area (Å²) in [5.41, 5.74) is 2.53. The van der Waals surface area contributed by atoms with Gasteiger partial charge in [-0.25, -0.2) is 4.99 Å². The average molecular weight is 413 g/mol. The Bertz CT molecular complexity index is 1140. The van der Waals surface area contributed by atoms with Gasteiger partial charge in [0.1, 0.15) is 5.41 Å². The van der Waals surface area contributed by atoms with E-state index < -0.39 is 11.0 Å². The van der Waals surface area contributed by atoms with Crippen molar-refractivity contribution in [3.8, 4) is 6.07 Å². The summed E-state index contributed by atoms with van der Waals surface area (Å²) in [7, 11) is 0. The van der Waals surface area contributed by atoms with Crippen LogP contribution in [0, 0.1) is 16.7 Å². The largest absolute Gasteiger partial charge is 0.463 e. The Morgan fingerprint density at radius 3 is 2.30 bits per heavy atom. The van der Waals surface area contributed by atoms with Crippen LogP contribution in [0.4, 0.5) is 5.69 Å². The monoisotopic (exact) mass is 412 g/mol. The van der Waals surface area contributed by atoms with E-state index in [0.717, 1.165) is 36.1 Å². The van der Waals surface area contributed by atoms with Gasteiger partial charge in [-0.3, -0.25) is 0 Å². The molecule has 0 bridgehead atoms. The molecule has 5 rings (SSSR count). The Labute approximate surface area is 181 Å². The maximum atomic E-state index is 10.2. The third-order valence-corrected chi connectivity index (χ3v) is 6.41. The molecular weight excluding hydrogens is 392 g/mol. The Balaban J connectivity index is 1.62. The highest BCUT2D eigenvalue weighted by atomic mass is 35.5. The third kappa shape index (κ3) is 3.00. The minimum Gasteiger partial charge on any atom is -0.463 e. The van der Waals surface area contributed by atoms with Gasteiger partial charge in [-0.2, -0.15) is 5.26 Å². The van der Waals surface area contributed by atoms with Gasteiger partial charge < -0.3 is 4.74 Å². The Hall–Kier alpha value is -3.09. The number of halogens is 1. The number of hydrogen-bond acceptors (Lipinski definition) is 3. The maximum absolute atomic E-state index is 10.2. The molecule has 1 unspecified atom stereocenters. The van der Waals surface area contributed by atoms with Crippen LogP contribution < -0.4 is 0 Å². The van der Waals surface area contributed by atoms with Gasteiger partial charge in [-0.05, 0) is 43.0 Å². The Morgan fingerprint density at radius 2 is 1.60 bits per heavy atom. The number of rotatable bonds is 5. The van der Waals surface area contributed by atoms with Crippen molar-refractivity contribution in [2.75, 3.05) is 0 Å². The van der Waals surface area contributed by atoms with Crippen LogP contribution >= 0.6 is 11.6 Å². The SMILES string of the molecule is N#CC1(C2(c3ccc(Cl)cc3)OC(CCc3ccccc3)=Nc3ccccc32)CC1. The van der Waals surface area contributed by atoms with Crippen LogP contribution in [-0.2, 0) is 16.8 Å². The van der Waals surface area contributed by atoms with E-state index in [1.54, 1.807) is 0 Å². The number of nitrogens with zero attached hydrogens (tertiary/aromatic N) is 2. The first-order valence-electron chi connectivity index (χ1n) is 10.2. The molecule has 1 heterocycles. The molecule has 0 N–H and O–H groups in total. The summed E-state index contributed by atoms with van der Waals surface area (Å²) in [6.45, 7) is 0. The fourth-order valence-electron chi connectivity index (χ4n) is 4.46. The van der Waals surface area contributed by atoms with Crippen molar-refractivity contribution in [1.29, 1.82) is 5.26 Å². The third-order valence-electron chi connectivity index (χ3n) is 6.16. The summed E-state index contributed by atoms with van der Waals surface area (Å²) in [6, 6.07) is 28.7. The van der Waals surface area contributed by atoms with E-state index in [2.05, 4.69) is 18.2 Å². The summed E-state index contributed by atoms with van der Waals surface area (Å²) in [5.74, 6) is 0.675. The second kappa shape index (κ2) is 7.31. The molecule has 1 fully saturated rings. The number of para-hydroxylation sites is 1. The van der Waals surface area contributed by atoms with Crippen molar-refractivity contribution in [3.63, 3.8) is 0 Å².